The number of aliphatic imine (C=N–C) groups is 1. The van der Waals surface area contributed by atoms with Crippen molar-refractivity contribution in [1.29, 1.82) is 0 Å². The highest BCUT2D eigenvalue weighted by atomic mass is 16.7. The topological polar surface area (TPSA) is 46.1 Å². The van der Waals surface area contributed by atoms with Crippen molar-refractivity contribution in [3.8, 4) is 11.5 Å². The van der Waals surface area contributed by atoms with Gasteiger partial charge in [0.15, 0.2) is 17.5 Å². The number of nitrogens with one attached hydrogen (secondary N) is 1. The maximum atomic E-state index is 5.49. The van der Waals surface area contributed by atoms with E-state index in [1.807, 2.05) is 13.1 Å². The number of hydrogen-bond donors (Lipinski definition) is 1. The zero-order chi connectivity index (χ0) is 16.9. The minimum atomic E-state index is -0.0392. The lowest BCUT2D eigenvalue weighted by Crippen LogP contribution is -2.44. The lowest BCUT2D eigenvalue weighted by Gasteiger charge is -2.29. The summed E-state index contributed by atoms with van der Waals surface area (Å²) in [6.45, 7) is 8.77. The summed E-state index contributed by atoms with van der Waals surface area (Å²) in [7, 11) is 3.91. The van der Waals surface area contributed by atoms with Gasteiger partial charge in [-0.1, -0.05) is 33.3 Å². The Balaban J connectivity index is 2.00. The van der Waals surface area contributed by atoms with E-state index in [1.165, 1.54) is 18.4 Å². The van der Waals surface area contributed by atoms with E-state index < -0.39 is 0 Å². The Kier molecular flexibility index (Phi) is 5.74. The van der Waals surface area contributed by atoms with Crippen molar-refractivity contribution in [2.24, 2.45) is 4.99 Å². The van der Waals surface area contributed by atoms with Crippen LogP contribution in [0.25, 0.3) is 0 Å². The van der Waals surface area contributed by atoms with Crippen LogP contribution in [0.15, 0.2) is 23.2 Å². The second kappa shape index (κ2) is 7.57. The molecule has 0 aromatic heterocycles. The number of nitrogens with zero attached hydrogens (tertiary/aromatic N) is 2. The summed E-state index contributed by atoms with van der Waals surface area (Å²) >= 11 is 0. The molecule has 1 aliphatic heterocycles. The lowest BCUT2D eigenvalue weighted by molar-refractivity contribution is 0.174. The molecule has 1 aromatic rings. The van der Waals surface area contributed by atoms with Gasteiger partial charge in [0.25, 0.3) is 0 Å². The summed E-state index contributed by atoms with van der Waals surface area (Å²) in [5.74, 6) is 2.60. The van der Waals surface area contributed by atoms with Crippen molar-refractivity contribution >= 4 is 5.96 Å². The fourth-order valence-corrected chi connectivity index (χ4v) is 2.61. The normalized spacial score (nSPS) is 14.0. The quantitative estimate of drug-likeness (QED) is 0.647. The van der Waals surface area contributed by atoms with Gasteiger partial charge in [-0.15, -0.1) is 0 Å². The van der Waals surface area contributed by atoms with E-state index in [4.69, 9.17) is 9.47 Å². The lowest BCUT2D eigenvalue weighted by atomic mass is 9.84. The molecular weight excluding hydrogens is 290 g/mol. The largest absolute Gasteiger partial charge is 0.454 e. The van der Waals surface area contributed by atoms with E-state index in [-0.39, 0.29) is 5.41 Å². The van der Waals surface area contributed by atoms with E-state index in [0.29, 0.717) is 6.79 Å². The van der Waals surface area contributed by atoms with E-state index in [1.54, 1.807) is 0 Å². The van der Waals surface area contributed by atoms with Crippen molar-refractivity contribution < 1.29 is 9.47 Å². The smallest absolute Gasteiger partial charge is 0.231 e. The molecule has 128 valence electrons. The third-order valence-electron chi connectivity index (χ3n) is 4.26. The highest BCUT2D eigenvalue weighted by Gasteiger charge is 2.24. The summed E-state index contributed by atoms with van der Waals surface area (Å²) in [4.78, 5) is 6.56. The van der Waals surface area contributed by atoms with Gasteiger partial charge < -0.3 is 19.7 Å². The van der Waals surface area contributed by atoms with Crippen molar-refractivity contribution in [3.63, 3.8) is 0 Å². The Morgan fingerprint density at radius 1 is 1.30 bits per heavy atom. The molecule has 0 radical (unpaired) electrons. The zero-order valence-electron chi connectivity index (χ0n) is 15.0. The van der Waals surface area contributed by atoms with Gasteiger partial charge in [-0.2, -0.15) is 0 Å². The molecule has 0 bridgehead atoms. The summed E-state index contributed by atoms with van der Waals surface area (Å²) in [5, 5.41) is 3.49. The molecule has 0 spiro atoms. The monoisotopic (exact) mass is 319 g/mol. The van der Waals surface area contributed by atoms with Crippen LogP contribution in [0.3, 0.4) is 0 Å². The Bertz CT molecular complexity index is 555. The highest BCUT2D eigenvalue weighted by molar-refractivity contribution is 5.79. The molecule has 2 rings (SSSR count). The number of fused-ring (bicyclic) bond motifs is 1. The number of hydrogen-bond acceptors (Lipinski definition) is 3. The van der Waals surface area contributed by atoms with Crippen LogP contribution in [0, 0.1) is 0 Å². The molecular formula is C18H29N3O2. The SMILES string of the molecule is CCCCN(C)C(=NC)NCC(C)(C)c1ccc2c(c1)OCO2. The molecule has 5 heteroatoms. The number of benzene rings is 1. The van der Waals surface area contributed by atoms with E-state index in [2.05, 4.69) is 55.2 Å². The number of unbranched alkanes of at least 4 members (excludes halogenated alkanes) is 1. The molecule has 1 heterocycles. The Labute approximate surface area is 139 Å². The van der Waals surface area contributed by atoms with Crippen LogP contribution in [0.5, 0.6) is 11.5 Å². The predicted octanol–water partition coefficient (Wildman–Crippen LogP) is 3.00. The van der Waals surface area contributed by atoms with Gasteiger partial charge in [-0.05, 0) is 24.1 Å². The van der Waals surface area contributed by atoms with Gasteiger partial charge in [0, 0.05) is 32.6 Å². The molecule has 0 amide bonds. The summed E-state index contributed by atoms with van der Waals surface area (Å²) in [6, 6.07) is 6.17. The molecule has 0 fully saturated rings. The first-order valence-corrected chi connectivity index (χ1v) is 8.30. The third kappa shape index (κ3) is 4.30. The van der Waals surface area contributed by atoms with Crippen molar-refractivity contribution in [2.45, 2.75) is 39.0 Å². The Morgan fingerprint density at radius 2 is 2.04 bits per heavy atom. The highest BCUT2D eigenvalue weighted by Crippen LogP contribution is 2.36. The zero-order valence-corrected chi connectivity index (χ0v) is 15.0. The molecule has 0 aliphatic carbocycles. The second-order valence-corrected chi connectivity index (χ2v) is 6.63. The van der Waals surface area contributed by atoms with Gasteiger partial charge in [-0.3, -0.25) is 4.99 Å². The summed E-state index contributed by atoms with van der Waals surface area (Å²) in [6.07, 6.45) is 2.35. The molecule has 5 nitrogen and oxygen atoms in total. The molecule has 0 unspecified atom stereocenters. The Morgan fingerprint density at radius 3 is 2.74 bits per heavy atom. The standard InChI is InChI=1S/C18H29N3O2/c1-6-7-10-21(5)17(19-4)20-12-18(2,3)14-8-9-15-16(11-14)23-13-22-15/h8-9,11H,6-7,10,12-13H2,1-5H3,(H,19,20). The molecule has 0 saturated carbocycles. The van der Waals surface area contributed by atoms with Gasteiger partial charge >= 0.3 is 0 Å². The average molecular weight is 319 g/mol. The van der Waals surface area contributed by atoms with Crippen LogP contribution in [0.2, 0.25) is 0 Å². The molecule has 1 aliphatic rings. The van der Waals surface area contributed by atoms with Gasteiger partial charge in [0.05, 0.1) is 0 Å². The van der Waals surface area contributed by atoms with Gasteiger partial charge in [-0.25, -0.2) is 0 Å². The average Bonchev–Trinajstić information content (AvgIpc) is 3.00. The van der Waals surface area contributed by atoms with E-state index in [0.717, 1.165) is 30.5 Å². The van der Waals surface area contributed by atoms with Crippen molar-refractivity contribution in [2.75, 3.05) is 34.0 Å². The van der Waals surface area contributed by atoms with E-state index in [9.17, 15) is 0 Å². The van der Waals surface area contributed by atoms with Crippen LogP contribution >= 0.6 is 0 Å². The summed E-state index contributed by atoms with van der Waals surface area (Å²) < 4.78 is 10.9. The number of rotatable bonds is 6. The maximum absolute atomic E-state index is 5.49. The van der Waals surface area contributed by atoms with Gasteiger partial charge in [0.1, 0.15) is 0 Å². The Hall–Kier alpha value is -1.91. The molecule has 23 heavy (non-hydrogen) atoms. The summed E-state index contributed by atoms with van der Waals surface area (Å²) in [5.41, 5.74) is 1.18. The number of ether oxygens (including phenoxy) is 2. The van der Waals surface area contributed by atoms with Crippen molar-refractivity contribution in [3.05, 3.63) is 23.8 Å². The molecule has 0 saturated heterocycles. The molecule has 1 aromatic carbocycles. The third-order valence-corrected chi connectivity index (χ3v) is 4.26. The predicted molar refractivity (Wildman–Crippen MR) is 94.5 cm³/mol. The molecule has 1 N–H and O–H groups in total. The molecule has 0 atom stereocenters. The van der Waals surface area contributed by atoms with Crippen LogP contribution in [0.4, 0.5) is 0 Å². The second-order valence-electron chi connectivity index (χ2n) is 6.63. The fraction of sp³-hybridized carbons (Fsp3) is 0.611. The first-order chi connectivity index (χ1) is 11.0. The van der Waals surface area contributed by atoms with Gasteiger partial charge in [0.2, 0.25) is 6.79 Å². The maximum Gasteiger partial charge on any atom is 0.231 e. The van der Waals surface area contributed by atoms with Crippen LogP contribution in [-0.2, 0) is 5.41 Å². The first kappa shape index (κ1) is 17.4. The van der Waals surface area contributed by atoms with Crippen molar-refractivity contribution in [1.82, 2.24) is 10.2 Å². The van der Waals surface area contributed by atoms with Crippen LogP contribution < -0.4 is 14.8 Å². The van der Waals surface area contributed by atoms with E-state index >= 15 is 0 Å². The first-order valence-electron chi connectivity index (χ1n) is 8.30. The minimum absolute atomic E-state index is 0.0392. The van der Waals surface area contributed by atoms with Crippen LogP contribution in [0.1, 0.15) is 39.2 Å². The van der Waals surface area contributed by atoms with Crippen LogP contribution in [-0.4, -0.2) is 44.8 Å². The number of guanidine groups is 1. The minimum Gasteiger partial charge on any atom is -0.454 e. The fourth-order valence-electron chi connectivity index (χ4n) is 2.61.